The van der Waals surface area contributed by atoms with Crippen molar-refractivity contribution in [3.8, 4) is 0 Å². The molecule has 0 aromatic heterocycles. The fourth-order valence-electron chi connectivity index (χ4n) is 2.28. The van der Waals surface area contributed by atoms with Crippen molar-refractivity contribution in [1.29, 1.82) is 0 Å². The van der Waals surface area contributed by atoms with Crippen LogP contribution < -0.4 is 10.0 Å². The number of piperidine rings is 1. The van der Waals surface area contributed by atoms with Crippen molar-refractivity contribution in [3.63, 3.8) is 0 Å². The lowest BCUT2D eigenvalue weighted by Crippen LogP contribution is -2.48. The van der Waals surface area contributed by atoms with Crippen LogP contribution in [0.4, 0.5) is 13.2 Å². The zero-order valence-corrected chi connectivity index (χ0v) is 12.3. The molecule has 0 saturated carbocycles. The first-order valence-corrected chi connectivity index (χ1v) is 8.09. The molecule has 1 heterocycles. The van der Waals surface area contributed by atoms with Gasteiger partial charge in [-0.1, -0.05) is 6.92 Å². The molecule has 1 saturated heterocycles. The second-order valence-electron chi connectivity index (χ2n) is 5.22. The van der Waals surface area contributed by atoms with Crippen LogP contribution in [0.2, 0.25) is 0 Å². The fraction of sp³-hybridized carbons (Fsp3) is 0.538. The lowest BCUT2D eigenvalue weighted by Gasteiger charge is -2.29. The summed E-state index contributed by atoms with van der Waals surface area (Å²) in [5.41, 5.74) is -0.864. The molecule has 1 aromatic carbocycles. The topological polar surface area (TPSA) is 58.2 Å². The number of benzene rings is 1. The first-order chi connectivity index (χ1) is 9.70. The number of hydrogen-bond donors (Lipinski definition) is 2. The van der Waals surface area contributed by atoms with Crippen molar-refractivity contribution in [1.82, 2.24) is 10.0 Å². The van der Waals surface area contributed by atoms with E-state index in [0.717, 1.165) is 24.3 Å². The van der Waals surface area contributed by atoms with Crippen LogP contribution in [0, 0.1) is 5.92 Å². The molecule has 0 bridgehead atoms. The Balaban J connectivity index is 2.16. The third kappa shape index (κ3) is 3.96. The Bertz CT molecular complexity index is 584. The smallest absolute Gasteiger partial charge is 0.316 e. The SMILES string of the molecule is CC1CNCCC1NS(=O)(=O)c1ccc(C(F)(F)F)cc1. The van der Waals surface area contributed by atoms with Gasteiger partial charge in [0.15, 0.2) is 0 Å². The highest BCUT2D eigenvalue weighted by molar-refractivity contribution is 7.89. The molecule has 21 heavy (non-hydrogen) atoms. The molecule has 4 nitrogen and oxygen atoms in total. The largest absolute Gasteiger partial charge is 0.416 e. The van der Waals surface area contributed by atoms with Crippen molar-refractivity contribution >= 4 is 10.0 Å². The summed E-state index contributed by atoms with van der Waals surface area (Å²) in [4.78, 5) is -0.152. The standard InChI is InChI=1S/C13H17F3N2O2S/c1-9-8-17-7-6-12(9)18-21(19,20)11-4-2-10(3-5-11)13(14,15)16/h2-5,9,12,17-18H,6-8H2,1H3. The second-order valence-corrected chi connectivity index (χ2v) is 6.93. The van der Waals surface area contributed by atoms with Crippen LogP contribution in [0.15, 0.2) is 29.2 Å². The minimum Gasteiger partial charge on any atom is -0.316 e. The summed E-state index contributed by atoms with van der Waals surface area (Å²) in [5, 5.41) is 3.15. The average molecular weight is 322 g/mol. The van der Waals surface area contributed by atoms with Crippen LogP contribution in [0.1, 0.15) is 18.9 Å². The third-order valence-electron chi connectivity index (χ3n) is 3.58. The van der Waals surface area contributed by atoms with Crippen LogP contribution in [0.25, 0.3) is 0 Å². The summed E-state index contributed by atoms with van der Waals surface area (Å²) in [5.74, 6) is 0.128. The molecule has 0 radical (unpaired) electrons. The number of nitrogens with one attached hydrogen (secondary N) is 2. The Morgan fingerprint density at radius 1 is 1.24 bits per heavy atom. The summed E-state index contributed by atoms with van der Waals surface area (Å²) < 4.78 is 64.4. The van der Waals surface area contributed by atoms with Gasteiger partial charge in [0.25, 0.3) is 0 Å². The van der Waals surface area contributed by atoms with Gasteiger partial charge in [-0.05, 0) is 49.7 Å². The van der Waals surface area contributed by atoms with Crippen molar-refractivity contribution in [2.45, 2.75) is 30.5 Å². The van der Waals surface area contributed by atoms with E-state index in [1.807, 2.05) is 6.92 Å². The molecule has 1 aliphatic rings. The minimum absolute atomic E-state index is 0.128. The zero-order valence-electron chi connectivity index (χ0n) is 11.4. The summed E-state index contributed by atoms with van der Waals surface area (Å²) >= 11 is 0. The predicted molar refractivity (Wildman–Crippen MR) is 72.2 cm³/mol. The van der Waals surface area contributed by atoms with Crippen LogP contribution in [-0.2, 0) is 16.2 Å². The molecule has 2 atom stereocenters. The first kappa shape index (κ1) is 16.3. The van der Waals surface area contributed by atoms with Crippen molar-refractivity contribution in [2.24, 2.45) is 5.92 Å². The molecule has 0 amide bonds. The fourth-order valence-corrected chi connectivity index (χ4v) is 3.66. The molecule has 2 N–H and O–H groups in total. The maximum absolute atomic E-state index is 12.5. The highest BCUT2D eigenvalue weighted by Gasteiger charge is 2.31. The molecular formula is C13H17F3N2O2S. The van der Waals surface area contributed by atoms with Gasteiger partial charge in [0.2, 0.25) is 10.0 Å². The van der Waals surface area contributed by atoms with Crippen molar-refractivity contribution < 1.29 is 21.6 Å². The molecular weight excluding hydrogens is 305 g/mol. The average Bonchev–Trinajstić information content (AvgIpc) is 2.40. The van der Waals surface area contributed by atoms with E-state index < -0.39 is 21.8 Å². The molecule has 1 fully saturated rings. The van der Waals surface area contributed by atoms with Gasteiger partial charge >= 0.3 is 6.18 Å². The Morgan fingerprint density at radius 2 is 1.86 bits per heavy atom. The highest BCUT2D eigenvalue weighted by Crippen LogP contribution is 2.29. The van der Waals surface area contributed by atoms with E-state index in [4.69, 9.17) is 0 Å². The maximum atomic E-state index is 12.5. The van der Waals surface area contributed by atoms with Crippen molar-refractivity contribution in [2.75, 3.05) is 13.1 Å². The van der Waals surface area contributed by atoms with Gasteiger partial charge in [0.1, 0.15) is 0 Å². The summed E-state index contributed by atoms with van der Waals surface area (Å²) in [6.07, 6.45) is -3.82. The molecule has 0 spiro atoms. The molecule has 8 heteroatoms. The lowest BCUT2D eigenvalue weighted by atomic mass is 9.97. The van der Waals surface area contributed by atoms with Gasteiger partial charge in [0.05, 0.1) is 10.5 Å². The number of halogens is 3. The van der Waals surface area contributed by atoms with E-state index in [9.17, 15) is 21.6 Å². The number of hydrogen-bond acceptors (Lipinski definition) is 3. The van der Waals surface area contributed by atoms with Gasteiger partial charge in [-0.3, -0.25) is 0 Å². The Labute approximate surface area is 121 Å². The monoisotopic (exact) mass is 322 g/mol. The predicted octanol–water partition coefficient (Wildman–Crippen LogP) is 1.98. The number of sulfonamides is 1. The molecule has 2 rings (SSSR count). The molecule has 1 aliphatic heterocycles. The van der Waals surface area contributed by atoms with Gasteiger partial charge < -0.3 is 5.32 Å². The summed E-state index contributed by atoms with van der Waals surface area (Å²) in [6.45, 7) is 3.34. The van der Waals surface area contributed by atoms with Crippen LogP contribution in [0.3, 0.4) is 0 Å². The molecule has 2 unspecified atom stereocenters. The Morgan fingerprint density at radius 3 is 2.38 bits per heavy atom. The molecule has 1 aromatic rings. The molecule has 0 aliphatic carbocycles. The second kappa shape index (κ2) is 5.94. The molecule has 118 valence electrons. The van der Waals surface area contributed by atoms with Gasteiger partial charge in [-0.2, -0.15) is 13.2 Å². The van der Waals surface area contributed by atoms with Crippen LogP contribution >= 0.6 is 0 Å². The van der Waals surface area contributed by atoms with E-state index in [0.29, 0.717) is 19.5 Å². The number of rotatable bonds is 3. The summed E-state index contributed by atoms with van der Waals surface area (Å²) in [6, 6.07) is 3.31. The van der Waals surface area contributed by atoms with Crippen LogP contribution in [0.5, 0.6) is 0 Å². The normalized spacial score (nSPS) is 24.0. The highest BCUT2D eigenvalue weighted by atomic mass is 32.2. The van der Waals surface area contributed by atoms with Gasteiger partial charge in [0, 0.05) is 6.04 Å². The number of alkyl halides is 3. The van der Waals surface area contributed by atoms with E-state index in [1.54, 1.807) is 0 Å². The Hall–Kier alpha value is -1.12. The first-order valence-electron chi connectivity index (χ1n) is 6.60. The van der Waals surface area contributed by atoms with E-state index in [2.05, 4.69) is 10.0 Å². The van der Waals surface area contributed by atoms with E-state index in [1.165, 1.54) is 0 Å². The maximum Gasteiger partial charge on any atom is 0.416 e. The minimum atomic E-state index is -4.47. The third-order valence-corrected chi connectivity index (χ3v) is 5.09. The lowest BCUT2D eigenvalue weighted by molar-refractivity contribution is -0.137. The van der Waals surface area contributed by atoms with Gasteiger partial charge in [-0.15, -0.1) is 0 Å². The Kier molecular flexibility index (Phi) is 4.60. The zero-order chi connectivity index (χ0) is 15.7. The van der Waals surface area contributed by atoms with E-state index >= 15 is 0 Å². The summed E-state index contributed by atoms with van der Waals surface area (Å²) in [7, 11) is -3.80. The van der Waals surface area contributed by atoms with Crippen molar-refractivity contribution in [3.05, 3.63) is 29.8 Å². The quantitative estimate of drug-likeness (QED) is 0.895. The van der Waals surface area contributed by atoms with E-state index in [-0.39, 0.29) is 16.9 Å². The van der Waals surface area contributed by atoms with Crippen LogP contribution in [-0.4, -0.2) is 27.5 Å². The van der Waals surface area contributed by atoms with Gasteiger partial charge in [-0.25, -0.2) is 13.1 Å².